The molecule has 0 aromatic heterocycles. The summed E-state index contributed by atoms with van der Waals surface area (Å²) in [6, 6.07) is 0. The molecular formula is C13H16O10. The molecule has 0 rings (SSSR count). The van der Waals surface area contributed by atoms with Crippen LogP contribution in [0.2, 0.25) is 0 Å². The largest absolute Gasteiger partial charge is 0.466 e. The van der Waals surface area contributed by atoms with Crippen LogP contribution < -0.4 is 0 Å². The summed E-state index contributed by atoms with van der Waals surface area (Å²) in [7, 11) is 4.32. The highest BCUT2D eigenvalue weighted by Gasteiger charge is 2.17. The zero-order valence-corrected chi connectivity index (χ0v) is 12.9. The molecule has 0 bridgehead atoms. The summed E-state index contributed by atoms with van der Waals surface area (Å²) in [6.07, 6.45) is 1.44. The normalized spacial score (nSPS) is 11.1. The van der Waals surface area contributed by atoms with Crippen molar-refractivity contribution >= 4 is 23.9 Å². The second kappa shape index (κ2) is 10.7. The van der Waals surface area contributed by atoms with Crippen LogP contribution in [0.25, 0.3) is 0 Å². The van der Waals surface area contributed by atoms with Gasteiger partial charge in [-0.25, -0.2) is 19.2 Å². The highest BCUT2D eigenvalue weighted by atomic mass is 16.7. The van der Waals surface area contributed by atoms with Gasteiger partial charge in [0.25, 0.3) is 0 Å². The molecule has 0 atom stereocenters. The molecule has 0 aromatic carbocycles. The van der Waals surface area contributed by atoms with Crippen molar-refractivity contribution in [2.45, 2.75) is 0 Å². The summed E-state index contributed by atoms with van der Waals surface area (Å²) in [5.74, 6) is -4.75. The molecule has 0 aliphatic heterocycles. The molecular weight excluding hydrogens is 316 g/mol. The maximum absolute atomic E-state index is 11.4. The molecule has 23 heavy (non-hydrogen) atoms. The van der Waals surface area contributed by atoms with E-state index < -0.39 is 42.2 Å². The van der Waals surface area contributed by atoms with E-state index in [1.54, 1.807) is 0 Å². The molecule has 0 aliphatic rings. The Morgan fingerprint density at radius 3 is 1.26 bits per heavy atom. The Labute approximate surface area is 131 Å². The van der Waals surface area contributed by atoms with Crippen LogP contribution in [0.15, 0.2) is 23.7 Å². The number of methoxy groups -OCH3 is 4. The third-order valence-corrected chi connectivity index (χ3v) is 2.10. The van der Waals surface area contributed by atoms with E-state index in [0.29, 0.717) is 0 Å². The number of esters is 4. The fourth-order valence-corrected chi connectivity index (χ4v) is 1.01. The Balaban J connectivity index is 4.95. The second-order valence-corrected chi connectivity index (χ2v) is 3.45. The summed E-state index contributed by atoms with van der Waals surface area (Å²) >= 11 is 0. The van der Waals surface area contributed by atoms with E-state index in [1.807, 2.05) is 0 Å². The van der Waals surface area contributed by atoms with Gasteiger partial charge in [-0.05, 0) is 0 Å². The molecule has 0 saturated heterocycles. The molecule has 10 heteroatoms. The minimum Gasteiger partial charge on any atom is -0.466 e. The molecule has 0 N–H and O–H groups in total. The predicted octanol–water partition coefficient (Wildman–Crippen LogP) is -0.563. The number of carbonyl (C=O) groups excluding carboxylic acids is 4. The Hall–Kier alpha value is -3.04. The first-order valence-electron chi connectivity index (χ1n) is 5.91. The average molecular weight is 332 g/mol. The molecule has 0 aromatic rings. The molecule has 0 saturated carbocycles. The lowest BCUT2D eigenvalue weighted by atomic mass is 10.4. The summed E-state index contributed by atoms with van der Waals surface area (Å²) in [5, 5.41) is 0. The summed E-state index contributed by atoms with van der Waals surface area (Å²) < 4.78 is 27.2. The fraction of sp³-hybridized carbons (Fsp3) is 0.385. The van der Waals surface area contributed by atoms with Crippen LogP contribution in [0.1, 0.15) is 0 Å². The SMILES string of the molecule is COC(=O)/C=C(\OCO/C(=C\C(=O)OC)C(=O)OC)C(=O)OC. The lowest BCUT2D eigenvalue weighted by molar-refractivity contribution is -0.147. The van der Waals surface area contributed by atoms with E-state index in [4.69, 9.17) is 9.47 Å². The van der Waals surface area contributed by atoms with Gasteiger partial charge in [0.2, 0.25) is 18.3 Å². The molecule has 0 spiro atoms. The maximum Gasteiger partial charge on any atom is 0.373 e. The Bertz CT molecular complexity index is 471. The quantitative estimate of drug-likeness (QED) is 0.188. The van der Waals surface area contributed by atoms with Gasteiger partial charge in [0.05, 0.1) is 40.6 Å². The van der Waals surface area contributed by atoms with Crippen molar-refractivity contribution in [1.82, 2.24) is 0 Å². The number of carbonyl (C=O) groups is 4. The average Bonchev–Trinajstić information content (AvgIpc) is 2.57. The molecule has 128 valence electrons. The van der Waals surface area contributed by atoms with Crippen LogP contribution in [0.3, 0.4) is 0 Å². The molecule has 0 unspecified atom stereocenters. The highest BCUT2D eigenvalue weighted by Crippen LogP contribution is 2.06. The molecule has 0 amide bonds. The lowest BCUT2D eigenvalue weighted by Gasteiger charge is -2.11. The van der Waals surface area contributed by atoms with Crippen molar-refractivity contribution in [3.05, 3.63) is 23.7 Å². The van der Waals surface area contributed by atoms with Crippen LogP contribution in [-0.2, 0) is 47.6 Å². The monoisotopic (exact) mass is 332 g/mol. The van der Waals surface area contributed by atoms with Crippen LogP contribution >= 0.6 is 0 Å². The van der Waals surface area contributed by atoms with Crippen molar-refractivity contribution in [3.8, 4) is 0 Å². The predicted molar refractivity (Wildman–Crippen MR) is 71.3 cm³/mol. The van der Waals surface area contributed by atoms with Crippen LogP contribution in [-0.4, -0.2) is 59.1 Å². The number of hydrogen-bond donors (Lipinski definition) is 0. The second-order valence-electron chi connectivity index (χ2n) is 3.45. The van der Waals surface area contributed by atoms with E-state index in [9.17, 15) is 19.2 Å². The van der Waals surface area contributed by atoms with Crippen LogP contribution in [0.5, 0.6) is 0 Å². The first-order chi connectivity index (χ1) is 10.9. The van der Waals surface area contributed by atoms with Crippen molar-refractivity contribution in [2.75, 3.05) is 35.2 Å². The Morgan fingerprint density at radius 2 is 1.00 bits per heavy atom. The smallest absolute Gasteiger partial charge is 0.373 e. The van der Waals surface area contributed by atoms with E-state index >= 15 is 0 Å². The van der Waals surface area contributed by atoms with Gasteiger partial charge in [-0.2, -0.15) is 0 Å². The Morgan fingerprint density at radius 1 is 0.652 bits per heavy atom. The van der Waals surface area contributed by atoms with E-state index in [-0.39, 0.29) is 0 Å². The summed E-state index contributed by atoms with van der Waals surface area (Å²) in [5.41, 5.74) is 0. The number of hydrogen-bond acceptors (Lipinski definition) is 10. The lowest BCUT2D eigenvalue weighted by Crippen LogP contribution is -2.16. The van der Waals surface area contributed by atoms with Crippen LogP contribution in [0.4, 0.5) is 0 Å². The number of ether oxygens (including phenoxy) is 6. The van der Waals surface area contributed by atoms with Crippen molar-refractivity contribution in [1.29, 1.82) is 0 Å². The maximum atomic E-state index is 11.4. The fourth-order valence-electron chi connectivity index (χ4n) is 1.01. The highest BCUT2D eigenvalue weighted by molar-refractivity contribution is 5.95. The third kappa shape index (κ3) is 7.50. The molecule has 0 aliphatic carbocycles. The zero-order chi connectivity index (χ0) is 17.8. The first kappa shape index (κ1) is 20.0. The molecule has 10 nitrogen and oxygen atoms in total. The van der Waals surface area contributed by atoms with E-state index in [2.05, 4.69) is 18.9 Å². The van der Waals surface area contributed by atoms with E-state index in [1.165, 1.54) is 0 Å². The van der Waals surface area contributed by atoms with Crippen molar-refractivity contribution in [2.24, 2.45) is 0 Å². The summed E-state index contributed by atoms with van der Waals surface area (Å²) in [4.78, 5) is 45.0. The van der Waals surface area contributed by atoms with Crippen LogP contribution in [0, 0.1) is 0 Å². The van der Waals surface area contributed by atoms with Gasteiger partial charge in [0.15, 0.2) is 0 Å². The van der Waals surface area contributed by atoms with Gasteiger partial charge in [-0.1, -0.05) is 0 Å². The standard InChI is InChI=1S/C13H16O10/c1-18-10(14)5-8(12(16)20-3)22-7-23-9(13(17)21-4)6-11(15)19-2/h5-6H,7H2,1-4H3/b8-5-,9-6-. The van der Waals surface area contributed by atoms with Gasteiger partial charge in [0, 0.05) is 0 Å². The van der Waals surface area contributed by atoms with Gasteiger partial charge in [0.1, 0.15) is 0 Å². The van der Waals surface area contributed by atoms with Gasteiger partial charge < -0.3 is 28.4 Å². The summed E-state index contributed by atoms with van der Waals surface area (Å²) in [6.45, 7) is -0.699. The molecule has 0 fully saturated rings. The van der Waals surface area contributed by atoms with Gasteiger partial charge in [-0.15, -0.1) is 0 Å². The zero-order valence-electron chi connectivity index (χ0n) is 12.9. The first-order valence-corrected chi connectivity index (χ1v) is 5.91. The third-order valence-electron chi connectivity index (χ3n) is 2.10. The number of rotatable bonds is 8. The molecule has 0 radical (unpaired) electrons. The van der Waals surface area contributed by atoms with Gasteiger partial charge >= 0.3 is 23.9 Å². The van der Waals surface area contributed by atoms with Crippen molar-refractivity contribution in [3.63, 3.8) is 0 Å². The van der Waals surface area contributed by atoms with Gasteiger partial charge in [-0.3, -0.25) is 0 Å². The minimum atomic E-state index is -0.976. The van der Waals surface area contributed by atoms with Crippen molar-refractivity contribution < 1.29 is 47.6 Å². The topological polar surface area (TPSA) is 124 Å². The minimum absolute atomic E-state index is 0.526. The molecule has 0 heterocycles. The van der Waals surface area contributed by atoms with E-state index in [0.717, 1.165) is 40.6 Å². The Kier molecular flexibility index (Phi) is 9.25.